The first-order valence-electron chi connectivity index (χ1n) is 10.6. The number of esters is 1. The van der Waals surface area contributed by atoms with Crippen LogP contribution in [0, 0.1) is 10.1 Å². The number of carbonyl (C=O) groups is 2. The molecule has 0 aromatic heterocycles. The van der Waals surface area contributed by atoms with Crippen molar-refractivity contribution in [2.75, 3.05) is 14.2 Å². The van der Waals surface area contributed by atoms with E-state index >= 15 is 0 Å². The molecular weight excluding hydrogens is 470 g/mol. The number of benzene rings is 3. The molecule has 2 atom stereocenters. The quantitative estimate of drug-likeness (QED) is 0.178. The molecule has 0 unspecified atom stereocenters. The largest absolute Gasteiger partial charge is 0.497 e. The molecule has 9 nitrogen and oxygen atoms in total. The number of nitrogens with one attached hydrogen (secondary N) is 2. The van der Waals surface area contributed by atoms with Gasteiger partial charge in [0.15, 0.2) is 0 Å². The van der Waals surface area contributed by atoms with Crippen LogP contribution in [0.4, 0.5) is 5.69 Å². The van der Waals surface area contributed by atoms with Crippen LogP contribution in [0.2, 0.25) is 0 Å². The molecular formula is C25H25N3O6S. The van der Waals surface area contributed by atoms with Crippen LogP contribution in [0.25, 0.3) is 0 Å². The third-order valence-corrected chi connectivity index (χ3v) is 6.06. The maximum absolute atomic E-state index is 13.4. The van der Waals surface area contributed by atoms with E-state index in [9.17, 15) is 19.7 Å². The SMILES string of the molecule is COC(=O)[C@H](Cc1ccccc1)NC(=O)[C@@H](NSc1ccccc1[N+](=O)[O-])c1ccc(OC)cc1. The van der Waals surface area contributed by atoms with Gasteiger partial charge in [0.1, 0.15) is 22.7 Å². The van der Waals surface area contributed by atoms with Gasteiger partial charge >= 0.3 is 5.97 Å². The van der Waals surface area contributed by atoms with Gasteiger partial charge in [0.2, 0.25) is 5.91 Å². The number of nitro benzene ring substituents is 1. The summed E-state index contributed by atoms with van der Waals surface area (Å²) in [5.74, 6) is -0.467. The Morgan fingerprint density at radius 2 is 1.63 bits per heavy atom. The van der Waals surface area contributed by atoms with Crippen LogP contribution >= 0.6 is 11.9 Å². The molecule has 0 radical (unpaired) electrons. The topological polar surface area (TPSA) is 120 Å². The van der Waals surface area contributed by atoms with E-state index in [0.717, 1.165) is 17.5 Å². The number of carbonyl (C=O) groups excluding carboxylic acids is 2. The molecule has 0 spiro atoms. The molecule has 35 heavy (non-hydrogen) atoms. The number of hydrogen-bond donors (Lipinski definition) is 2. The molecule has 1 amide bonds. The molecule has 0 fully saturated rings. The van der Waals surface area contributed by atoms with Crippen molar-refractivity contribution in [2.24, 2.45) is 0 Å². The number of nitro groups is 1. The summed E-state index contributed by atoms with van der Waals surface area (Å²) in [7, 11) is 2.79. The zero-order chi connectivity index (χ0) is 25.2. The van der Waals surface area contributed by atoms with Gasteiger partial charge in [0.25, 0.3) is 5.69 Å². The van der Waals surface area contributed by atoms with Crippen LogP contribution < -0.4 is 14.8 Å². The molecule has 0 aliphatic heterocycles. The first-order valence-corrected chi connectivity index (χ1v) is 11.5. The van der Waals surface area contributed by atoms with Gasteiger partial charge in [0.05, 0.1) is 19.1 Å². The Labute approximate surface area is 207 Å². The summed E-state index contributed by atoms with van der Waals surface area (Å²) < 4.78 is 13.1. The molecule has 0 saturated carbocycles. The summed E-state index contributed by atoms with van der Waals surface area (Å²) in [6.07, 6.45) is 0.242. The van der Waals surface area contributed by atoms with Gasteiger partial charge in [-0.1, -0.05) is 54.6 Å². The second kappa shape index (κ2) is 12.5. The number of ether oxygens (including phenoxy) is 2. The van der Waals surface area contributed by atoms with Crippen molar-refractivity contribution in [1.29, 1.82) is 0 Å². The predicted octanol–water partition coefficient (Wildman–Crippen LogP) is 3.84. The lowest BCUT2D eigenvalue weighted by Crippen LogP contribution is -2.46. The number of amides is 1. The predicted molar refractivity (Wildman–Crippen MR) is 132 cm³/mol. The van der Waals surface area contributed by atoms with Crippen LogP contribution in [0.1, 0.15) is 17.2 Å². The monoisotopic (exact) mass is 495 g/mol. The zero-order valence-electron chi connectivity index (χ0n) is 19.2. The van der Waals surface area contributed by atoms with Crippen LogP contribution in [-0.2, 0) is 20.7 Å². The van der Waals surface area contributed by atoms with Crippen LogP contribution in [-0.4, -0.2) is 37.1 Å². The average molecular weight is 496 g/mol. The van der Waals surface area contributed by atoms with E-state index in [0.29, 0.717) is 16.2 Å². The third-order valence-electron chi connectivity index (χ3n) is 5.14. The Balaban J connectivity index is 1.85. The van der Waals surface area contributed by atoms with E-state index in [4.69, 9.17) is 9.47 Å². The van der Waals surface area contributed by atoms with Gasteiger partial charge in [-0.05, 0) is 41.3 Å². The second-order valence-electron chi connectivity index (χ2n) is 7.42. The molecule has 10 heteroatoms. The van der Waals surface area contributed by atoms with E-state index in [1.807, 2.05) is 30.3 Å². The molecule has 182 valence electrons. The van der Waals surface area contributed by atoms with E-state index in [1.165, 1.54) is 20.3 Å². The Morgan fingerprint density at radius 1 is 0.971 bits per heavy atom. The summed E-state index contributed by atoms with van der Waals surface area (Å²) in [6.45, 7) is 0. The molecule has 0 aliphatic carbocycles. The number of nitrogens with zero attached hydrogens (tertiary/aromatic N) is 1. The Bertz CT molecular complexity index is 1160. The van der Waals surface area contributed by atoms with E-state index in [2.05, 4.69) is 10.0 Å². The highest BCUT2D eigenvalue weighted by atomic mass is 32.2. The smallest absolute Gasteiger partial charge is 0.328 e. The van der Waals surface area contributed by atoms with Crippen molar-refractivity contribution < 1.29 is 24.0 Å². The van der Waals surface area contributed by atoms with Gasteiger partial charge in [-0.3, -0.25) is 14.9 Å². The lowest BCUT2D eigenvalue weighted by molar-refractivity contribution is -0.387. The summed E-state index contributed by atoms with van der Waals surface area (Å²) >= 11 is 0.962. The standard InChI is InChI=1S/C25H25N3O6S/c1-33-19-14-12-18(13-15-19)23(27-35-22-11-7-6-10-21(22)28(31)32)24(29)26-20(25(30)34-2)16-17-8-4-3-5-9-17/h3-15,20,23,27H,16H2,1-2H3,(H,26,29)/t20-,23-/m0/s1. The van der Waals surface area contributed by atoms with Gasteiger partial charge in [-0.2, -0.15) is 0 Å². The number of para-hydroxylation sites is 1. The minimum Gasteiger partial charge on any atom is -0.497 e. The Hall–Kier alpha value is -3.89. The summed E-state index contributed by atoms with van der Waals surface area (Å²) in [5, 5.41) is 14.2. The van der Waals surface area contributed by atoms with E-state index in [-0.39, 0.29) is 12.1 Å². The van der Waals surface area contributed by atoms with Gasteiger partial charge < -0.3 is 14.8 Å². The second-order valence-corrected chi connectivity index (χ2v) is 8.30. The number of hydrogen-bond acceptors (Lipinski definition) is 8. The fourth-order valence-electron chi connectivity index (χ4n) is 3.33. The molecule has 0 bridgehead atoms. The molecule has 3 aromatic carbocycles. The molecule has 3 aromatic rings. The van der Waals surface area contributed by atoms with Crippen molar-refractivity contribution in [3.8, 4) is 5.75 Å². The molecule has 0 saturated heterocycles. The summed E-state index contributed by atoms with van der Waals surface area (Å²) in [6, 6.07) is 20.4. The van der Waals surface area contributed by atoms with Gasteiger partial charge in [0, 0.05) is 12.5 Å². The fraction of sp³-hybridized carbons (Fsp3) is 0.200. The minimum absolute atomic E-state index is 0.0876. The highest BCUT2D eigenvalue weighted by molar-refractivity contribution is 7.97. The van der Waals surface area contributed by atoms with Crippen molar-refractivity contribution in [3.05, 3.63) is 100 Å². The van der Waals surface area contributed by atoms with E-state index < -0.39 is 28.9 Å². The van der Waals surface area contributed by atoms with Crippen molar-refractivity contribution in [1.82, 2.24) is 10.0 Å². The van der Waals surface area contributed by atoms with E-state index in [1.54, 1.807) is 42.5 Å². The summed E-state index contributed by atoms with van der Waals surface area (Å²) in [4.78, 5) is 37.1. The molecule has 2 N–H and O–H groups in total. The molecule has 3 rings (SSSR count). The highest BCUT2D eigenvalue weighted by Crippen LogP contribution is 2.29. The first kappa shape index (κ1) is 25.7. The normalized spacial score (nSPS) is 12.3. The Kier molecular flexibility index (Phi) is 9.22. The zero-order valence-corrected chi connectivity index (χ0v) is 20.0. The van der Waals surface area contributed by atoms with Crippen molar-refractivity contribution in [2.45, 2.75) is 23.4 Å². The van der Waals surface area contributed by atoms with Crippen LogP contribution in [0.15, 0.2) is 83.8 Å². The molecule has 0 heterocycles. The number of methoxy groups -OCH3 is 2. The average Bonchev–Trinajstić information content (AvgIpc) is 2.89. The van der Waals surface area contributed by atoms with Crippen molar-refractivity contribution >= 4 is 29.5 Å². The number of rotatable bonds is 11. The van der Waals surface area contributed by atoms with Gasteiger partial charge in [-0.15, -0.1) is 0 Å². The van der Waals surface area contributed by atoms with Gasteiger partial charge in [-0.25, -0.2) is 9.52 Å². The lowest BCUT2D eigenvalue weighted by Gasteiger charge is -2.22. The maximum atomic E-state index is 13.4. The van der Waals surface area contributed by atoms with Crippen molar-refractivity contribution in [3.63, 3.8) is 0 Å². The molecule has 0 aliphatic rings. The fourth-order valence-corrected chi connectivity index (χ4v) is 4.21. The Morgan fingerprint density at radius 3 is 2.26 bits per heavy atom. The highest BCUT2D eigenvalue weighted by Gasteiger charge is 2.28. The maximum Gasteiger partial charge on any atom is 0.328 e. The lowest BCUT2D eigenvalue weighted by atomic mass is 10.0. The minimum atomic E-state index is -0.936. The van der Waals surface area contributed by atoms with Crippen LogP contribution in [0.5, 0.6) is 5.75 Å². The van der Waals surface area contributed by atoms with Crippen LogP contribution in [0.3, 0.4) is 0 Å². The first-order chi connectivity index (χ1) is 16.9. The third kappa shape index (κ3) is 7.05. The summed E-state index contributed by atoms with van der Waals surface area (Å²) in [5.41, 5.74) is 1.35.